The normalized spacial score (nSPS) is 11.7. The average molecular weight is 385 g/mol. The lowest BCUT2D eigenvalue weighted by atomic mass is 10.2. The van der Waals surface area contributed by atoms with E-state index < -0.39 is 0 Å². The molecule has 0 bridgehead atoms. The van der Waals surface area contributed by atoms with Crippen molar-refractivity contribution in [3.63, 3.8) is 0 Å². The number of amides is 1. The van der Waals surface area contributed by atoms with Crippen LogP contribution in [0.2, 0.25) is 0 Å². The fraction of sp³-hybridized carbons (Fsp3) is 0.333. The Bertz CT molecular complexity index is 1000. The van der Waals surface area contributed by atoms with Gasteiger partial charge in [-0.25, -0.2) is 0 Å². The summed E-state index contributed by atoms with van der Waals surface area (Å²) >= 11 is 1.46. The number of thiazole rings is 1. The molecule has 0 spiro atoms. The summed E-state index contributed by atoms with van der Waals surface area (Å²) in [7, 11) is 3.55. The molecule has 0 N–H and O–H groups in total. The van der Waals surface area contributed by atoms with Gasteiger partial charge in [0.2, 0.25) is 0 Å². The number of carbonyl (C=O) groups excluding carboxylic acids is 1. The molecule has 27 heavy (non-hydrogen) atoms. The van der Waals surface area contributed by atoms with Gasteiger partial charge in [0.15, 0.2) is 4.80 Å². The molecule has 0 radical (unpaired) electrons. The number of ether oxygens (including phenoxy) is 2. The van der Waals surface area contributed by atoms with Gasteiger partial charge >= 0.3 is 0 Å². The second-order valence-electron chi connectivity index (χ2n) is 6.28. The highest BCUT2D eigenvalue weighted by molar-refractivity contribution is 7.16. The molecule has 0 fully saturated rings. The molecule has 1 heterocycles. The van der Waals surface area contributed by atoms with Crippen molar-refractivity contribution in [3.05, 3.63) is 52.8 Å². The van der Waals surface area contributed by atoms with Crippen LogP contribution < -0.4 is 14.3 Å². The van der Waals surface area contributed by atoms with Gasteiger partial charge in [-0.2, -0.15) is 4.99 Å². The van der Waals surface area contributed by atoms with Crippen LogP contribution in [0.1, 0.15) is 36.5 Å². The summed E-state index contributed by atoms with van der Waals surface area (Å²) in [6.45, 7) is 2.82. The number of fused-ring (bicyclic) bond motifs is 1. The van der Waals surface area contributed by atoms with E-state index in [0.717, 1.165) is 35.2 Å². The molecule has 0 aliphatic heterocycles. The van der Waals surface area contributed by atoms with E-state index in [0.29, 0.717) is 22.7 Å². The number of aryl methyl sites for hydroxylation is 1. The van der Waals surface area contributed by atoms with Crippen molar-refractivity contribution in [3.8, 4) is 11.5 Å². The molecule has 3 rings (SSSR count). The predicted molar refractivity (Wildman–Crippen MR) is 109 cm³/mol. The molecule has 142 valence electrons. The number of rotatable bonds is 7. The molecule has 1 amide bonds. The molecule has 2 aromatic carbocycles. The van der Waals surface area contributed by atoms with Gasteiger partial charge in [0.1, 0.15) is 11.5 Å². The second-order valence-corrected chi connectivity index (χ2v) is 7.29. The van der Waals surface area contributed by atoms with E-state index in [1.807, 2.05) is 41.9 Å². The number of carbonyl (C=O) groups is 1. The summed E-state index contributed by atoms with van der Waals surface area (Å²) in [6.07, 6.45) is 3.31. The van der Waals surface area contributed by atoms with Gasteiger partial charge in [0.25, 0.3) is 5.91 Å². The maximum Gasteiger partial charge on any atom is 0.279 e. The molecule has 3 aromatic rings. The van der Waals surface area contributed by atoms with Gasteiger partial charge in [-0.15, -0.1) is 0 Å². The van der Waals surface area contributed by atoms with Gasteiger partial charge in [0.05, 0.1) is 23.9 Å². The van der Waals surface area contributed by atoms with Crippen LogP contribution in [-0.4, -0.2) is 24.2 Å². The number of unbranched alkanes of at least 4 members (excludes halogenated alkanes) is 2. The number of methoxy groups -OCH3 is 1. The first kappa shape index (κ1) is 19.2. The van der Waals surface area contributed by atoms with E-state index in [1.165, 1.54) is 11.3 Å². The number of hydrogen-bond acceptors (Lipinski definition) is 4. The maximum atomic E-state index is 12.6. The summed E-state index contributed by atoms with van der Waals surface area (Å²) in [6, 6.07) is 13.0. The van der Waals surface area contributed by atoms with E-state index in [9.17, 15) is 4.79 Å². The van der Waals surface area contributed by atoms with E-state index in [2.05, 4.69) is 11.9 Å². The Morgan fingerprint density at radius 2 is 2.00 bits per heavy atom. The van der Waals surface area contributed by atoms with Crippen LogP contribution in [0, 0.1) is 0 Å². The van der Waals surface area contributed by atoms with Gasteiger partial charge < -0.3 is 14.0 Å². The SMILES string of the molecule is CCCCCOc1cccc(C(=O)N=c2sc3cc(OC)ccc3n2C)c1. The fourth-order valence-electron chi connectivity index (χ4n) is 2.76. The van der Waals surface area contributed by atoms with Gasteiger partial charge in [-0.05, 0) is 42.8 Å². The van der Waals surface area contributed by atoms with Gasteiger partial charge in [-0.3, -0.25) is 4.79 Å². The lowest BCUT2D eigenvalue weighted by Gasteiger charge is -2.06. The highest BCUT2D eigenvalue weighted by Crippen LogP contribution is 2.22. The Balaban J connectivity index is 1.84. The third kappa shape index (κ3) is 4.57. The summed E-state index contributed by atoms with van der Waals surface area (Å²) < 4.78 is 13.9. The van der Waals surface area contributed by atoms with Crippen molar-refractivity contribution in [2.75, 3.05) is 13.7 Å². The van der Waals surface area contributed by atoms with E-state index >= 15 is 0 Å². The molecule has 6 heteroatoms. The Hall–Kier alpha value is -2.60. The van der Waals surface area contributed by atoms with E-state index in [4.69, 9.17) is 9.47 Å². The molecule has 5 nitrogen and oxygen atoms in total. The minimum atomic E-state index is -0.275. The van der Waals surface area contributed by atoms with E-state index in [1.54, 1.807) is 19.2 Å². The number of nitrogens with zero attached hydrogens (tertiary/aromatic N) is 2. The van der Waals surface area contributed by atoms with Crippen molar-refractivity contribution in [1.82, 2.24) is 4.57 Å². The highest BCUT2D eigenvalue weighted by atomic mass is 32.1. The topological polar surface area (TPSA) is 52.8 Å². The minimum Gasteiger partial charge on any atom is -0.497 e. The van der Waals surface area contributed by atoms with Crippen LogP contribution in [0.5, 0.6) is 11.5 Å². The summed E-state index contributed by atoms with van der Waals surface area (Å²) in [5.41, 5.74) is 1.54. The van der Waals surface area contributed by atoms with Crippen LogP contribution in [0.15, 0.2) is 47.5 Å². The zero-order valence-corrected chi connectivity index (χ0v) is 16.7. The maximum absolute atomic E-state index is 12.6. The molecule has 0 aliphatic carbocycles. The minimum absolute atomic E-state index is 0.275. The van der Waals surface area contributed by atoms with Crippen molar-refractivity contribution in [2.24, 2.45) is 12.0 Å². The first-order chi connectivity index (χ1) is 13.1. The van der Waals surface area contributed by atoms with Crippen LogP contribution in [0.4, 0.5) is 0 Å². The Labute approximate surface area is 162 Å². The van der Waals surface area contributed by atoms with Crippen molar-refractivity contribution in [1.29, 1.82) is 0 Å². The van der Waals surface area contributed by atoms with Crippen LogP contribution in [-0.2, 0) is 7.05 Å². The Morgan fingerprint density at radius 3 is 2.78 bits per heavy atom. The molecule has 0 saturated heterocycles. The number of aromatic nitrogens is 1. The number of hydrogen-bond donors (Lipinski definition) is 0. The average Bonchev–Trinajstić information content (AvgIpc) is 3.00. The molecule has 0 unspecified atom stereocenters. The van der Waals surface area contributed by atoms with Crippen LogP contribution in [0.3, 0.4) is 0 Å². The quantitative estimate of drug-likeness (QED) is 0.561. The van der Waals surface area contributed by atoms with Crippen molar-refractivity contribution in [2.45, 2.75) is 26.2 Å². The summed E-state index contributed by atoms with van der Waals surface area (Å²) in [4.78, 5) is 17.6. The summed E-state index contributed by atoms with van der Waals surface area (Å²) in [5.74, 6) is 1.22. The standard InChI is InChI=1S/C21H24N2O3S/c1-4-5-6-12-26-17-9-7-8-15(13-17)20(24)22-21-23(2)18-11-10-16(25-3)14-19(18)27-21/h7-11,13-14H,4-6,12H2,1-3H3. The molecule has 1 aromatic heterocycles. The van der Waals surface area contributed by atoms with Crippen molar-refractivity contribution >= 4 is 27.5 Å². The highest BCUT2D eigenvalue weighted by Gasteiger charge is 2.09. The van der Waals surface area contributed by atoms with Crippen molar-refractivity contribution < 1.29 is 14.3 Å². The molecule has 0 aliphatic rings. The predicted octanol–water partition coefficient (Wildman–Crippen LogP) is 4.56. The molecular formula is C21H24N2O3S. The third-order valence-corrected chi connectivity index (χ3v) is 5.41. The van der Waals surface area contributed by atoms with Crippen LogP contribution in [0.25, 0.3) is 10.2 Å². The van der Waals surface area contributed by atoms with Crippen LogP contribution >= 0.6 is 11.3 Å². The lowest BCUT2D eigenvalue weighted by Crippen LogP contribution is -2.13. The zero-order chi connectivity index (χ0) is 19.2. The molecular weight excluding hydrogens is 360 g/mol. The zero-order valence-electron chi connectivity index (χ0n) is 15.9. The third-order valence-electron chi connectivity index (χ3n) is 4.31. The Kier molecular flexibility index (Phi) is 6.29. The van der Waals surface area contributed by atoms with E-state index in [-0.39, 0.29) is 5.91 Å². The summed E-state index contributed by atoms with van der Waals surface area (Å²) in [5, 5.41) is 0. The number of benzene rings is 2. The monoisotopic (exact) mass is 384 g/mol. The molecule has 0 atom stereocenters. The fourth-order valence-corrected chi connectivity index (χ4v) is 3.81. The first-order valence-corrected chi connectivity index (χ1v) is 9.89. The second kappa shape index (κ2) is 8.86. The molecule has 0 saturated carbocycles. The smallest absolute Gasteiger partial charge is 0.279 e. The van der Waals surface area contributed by atoms with Gasteiger partial charge in [0, 0.05) is 12.6 Å². The first-order valence-electron chi connectivity index (χ1n) is 9.08. The Morgan fingerprint density at radius 1 is 1.15 bits per heavy atom. The lowest BCUT2D eigenvalue weighted by molar-refractivity contribution is 0.0997. The largest absolute Gasteiger partial charge is 0.497 e. The van der Waals surface area contributed by atoms with Gasteiger partial charge in [-0.1, -0.05) is 37.2 Å².